The lowest BCUT2D eigenvalue weighted by molar-refractivity contribution is -0.239. The molecule has 6 nitrogen and oxygen atoms in total. The molecule has 0 unspecified atom stereocenters. The molecule has 0 saturated carbocycles. The minimum atomic E-state index is -1.09. The molecule has 156 valence electrons. The molecule has 7 heteroatoms. The number of thiophene rings is 1. The number of amides is 1. The Labute approximate surface area is 176 Å². The van der Waals surface area contributed by atoms with E-state index in [-0.39, 0.29) is 12.5 Å². The van der Waals surface area contributed by atoms with Crippen LogP contribution in [-0.4, -0.2) is 54.1 Å². The van der Waals surface area contributed by atoms with Crippen LogP contribution in [0, 0.1) is 0 Å². The van der Waals surface area contributed by atoms with E-state index >= 15 is 0 Å². The van der Waals surface area contributed by atoms with E-state index in [1.165, 1.54) is 24.7 Å². The maximum Gasteiger partial charge on any atom is 0.334 e. The molecule has 29 heavy (non-hydrogen) atoms. The zero-order valence-corrected chi connectivity index (χ0v) is 17.8. The van der Waals surface area contributed by atoms with E-state index in [1.54, 1.807) is 11.3 Å². The second-order valence-electron chi connectivity index (χ2n) is 7.32. The van der Waals surface area contributed by atoms with Crippen molar-refractivity contribution in [1.29, 1.82) is 0 Å². The second-order valence-corrected chi connectivity index (χ2v) is 8.10. The van der Waals surface area contributed by atoms with Crippen molar-refractivity contribution in [3.63, 3.8) is 0 Å². The fraction of sp³-hybridized carbons (Fsp3) is 0.455. The first-order chi connectivity index (χ1) is 14.0. The molecule has 0 radical (unpaired) electrons. The van der Waals surface area contributed by atoms with Gasteiger partial charge in [0.25, 0.3) is 0 Å². The molecular formula is C22H28N2O4S. The van der Waals surface area contributed by atoms with E-state index in [0.717, 1.165) is 18.5 Å². The number of benzene rings is 1. The first kappa shape index (κ1) is 21.5. The highest BCUT2D eigenvalue weighted by Crippen LogP contribution is 2.32. The minimum absolute atomic E-state index is 0.223. The maximum atomic E-state index is 12.8. The minimum Gasteiger partial charge on any atom is -0.467 e. The van der Waals surface area contributed by atoms with Crippen molar-refractivity contribution in [1.82, 2.24) is 9.96 Å². The summed E-state index contributed by atoms with van der Waals surface area (Å²) in [7, 11) is 1.36. The Morgan fingerprint density at radius 3 is 2.45 bits per heavy atom. The predicted molar refractivity (Wildman–Crippen MR) is 112 cm³/mol. The van der Waals surface area contributed by atoms with E-state index in [2.05, 4.69) is 21.7 Å². The third-order valence-electron chi connectivity index (χ3n) is 5.42. The van der Waals surface area contributed by atoms with Gasteiger partial charge >= 0.3 is 5.97 Å². The van der Waals surface area contributed by atoms with E-state index in [0.29, 0.717) is 25.9 Å². The van der Waals surface area contributed by atoms with E-state index < -0.39 is 11.5 Å². The number of likely N-dealkylation sites (tertiary alicyclic amines) is 1. The van der Waals surface area contributed by atoms with Crippen LogP contribution in [0.3, 0.4) is 0 Å². The van der Waals surface area contributed by atoms with Gasteiger partial charge in [-0.05, 0) is 47.2 Å². The van der Waals surface area contributed by atoms with Crippen LogP contribution in [-0.2, 0) is 32.2 Å². The third-order valence-corrected chi connectivity index (χ3v) is 6.16. The molecule has 2 aromatic rings. The summed E-state index contributed by atoms with van der Waals surface area (Å²) >= 11 is 1.70. The van der Waals surface area contributed by atoms with E-state index in [1.807, 2.05) is 30.3 Å². The van der Waals surface area contributed by atoms with Gasteiger partial charge in [0, 0.05) is 26.6 Å². The molecule has 1 aliphatic rings. The molecule has 0 N–H and O–H groups in total. The van der Waals surface area contributed by atoms with Crippen molar-refractivity contribution in [3.8, 4) is 0 Å². The summed E-state index contributed by atoms with van der Waals surface area (Å²) in [5, 5.41) is 5.50. The predicted octanol–water partition coefficient (Wildman–Crippen LogP) is 3.28. The molecule has 0 atom stereocenters. The summed E-state index contributed by atoms with van der Waals surface area (Å²) in [4.78, 5) is 33.4. The van der Waals surface area contributed by atoms with E-state index in [4.69, 9.17) is 9.57 Å². The summed E-state index contributed by atoms with van der Waals surface area (Å²) in [6.07, 6.45) is 1.95. The Morgan fingerprint density at radius 2 is 1.86 bits per heavy atom. The molecule has 1 saturated heterocycles. The number of piperidine rings is 1. The van der Waals surface area contributed by atoms with Gasteiger partial charge in [-0.15, -0.1) is 0 Å². The summed E-state index contributed by atoms with van der Waals surface area (Å²) in [6, 6.07) is 11.8. The first-order valence-corrected chi connectivity index (χ1v) is 10.8. The van der Waals surface area contributed by atoms with Crippen molar-refractivity contribution in [2.75, 3.05) is 26.7 Å². The van der Waals surface area contributed by atoms with Crippen molar-refractivity contribution < 1.29 is 19.2 Å². The summed E-state index contributed by atoms with van der Waals surface area (Å²) < 4.78 is 5.10. The summed E-state index contributed by atoms with van der Waals surface area (Å²) in [5.74, 6) is -0.712. The van der Waals surface area contributed by atoms with Crippen LogP contribution in [0.1, 0.15) is 30.9 Å². The molecular weight excluding hydrogens is 388 g/mol. The van der Waals surface area contributed by atoms with Crippen LogP contribution in [0.25, 0.3) is 0 Å². The van der Waals surface area contributed by atoms with Crippen LogP contribution in [0.2, 0.25) is 0 Å². The quantitative estimate of drug-likeness (QED) is 0.488. The molecule has 1 aliphatic heterocycles. The molecule has 1 aromatic heterocycles. The molecule has 0 bridgehead atoms. The number of carbonyl (C=O) groups excluding carboxylic acids is 2. The monoisotopic (exact) mass is 416 g/mol. The van der Waals surface area contributed by atoms with Crippen molar-refractivity contribution in [2.45, 2.75) is 38.3 Å². The maximum absolute atomic E-state index is 12.8. The molecule has 1 aromatic carbocycles. The zero-order valence-electron chi connectivity index (χ0n) is 17.0. The average molecular weight is 417 g/mol. The number of hydroxylamine groups is 2. The topological polar surface area (TPSA) is 59.1 Å². The van der Waals surface area contributed by atoms with Crippen molar-refractivity contribution in [2.24, 2.45) is 0 Å². The summed E-state index contributed by atoms with van der Waals surface area (Å²) in [5.41, 5.74) is 1.18. The van der Waals surface area contributed by atoms with Gasteiger partial charge in [-0.25, -0.2) is 9.86 Å². The van der Waals surface area contributed by atoms with Gasteiger partial charge < -0.3 is 9.64 Å². The lowest BCUT2D eigenvalue weighted by Gasteiger charge is -2.45. The van der Waals surface area contributed by atoms with Gasteiger partial charge in [0.1, 0.15) is 6.61 Å². The number of nitrogens with zero attached hydrogens (tertiary/aromatic N) is 2. The Hall–Kier alpha value is -2.22. The third kappa shape index (κ3) is 5.23. The highest BCUT2D eigenvalue weighted by Gasteiger charge is 2.50. The van der Waals surface area contributed by atoms with Crippen molar-refractivity contribution in [3.05, 3.63) is 58.3 Å². The summed E-state index contributed by atoms with van der Waals surface area (Å²) in [6.45, 7) is 3.99. The van der Waals surface area contributed by atoms with Crippen LogP contribution in [0.5, 0.6) is 0 Å². The molecule has 1 amide bonds. The van der Waals surface area contributed by atoms with E-state index in [9.17, 15) is 9.59 Å². The average Bonchev–Trinajstić information content (AvgIpc) is 3.27. The fourth-order valence-corrected chi connectivity index (χ4v) is 4.48. The largest absolute Gasteiger partial charge is 0.467 e. The number of esters is 1. The standard InChI is InChI=1S/C22H28N2O4S/c1-18(25)24(28-16-19-6-4-3-5-7-19)22(21(26)27-2)10-13-23(14-11-22)12-8-20-9-15-29-17-20/h3-7,9,15,17H,8,10-14,16H2,1-2H3. The lowest BCUT2D eigenvalue weighted by Crippen LogP contribution is -2.61. The number of hydrogen-bond acceptors (Lipinski definition) is 6. The first-order valence-electron chi connectivity index (χ1n) is 9.84. The van der Waals surface area contributed by atoms with Crippen LogP contribution in [0.4, 0.5) is 0 Å². The molecule has 1 fully saturated rings. The highest BCUT2D eigenvalue weighted by atomic mass is 32.1. The van der Waals surface area contributed by atoms with Crippen LogP contribution >= 0.6 is 11.3 Å². The number of methoxy groups -OCH3 is 1. The Balaban J connectivity index is 1.68. The SMILES string of the molecule is COC(=O)C1(N(OCc2ccccc2)C(C)=O)CCN(CCc2ccsc2)CC1. The molecule has 3 rings (SSSR count). The fourth-order valence-electron chi connectivity index (χ4n) is 3.78. The molecule has 2 heterocycles. The lowest BCUT2D eigenvalue weighted by atomic mass is 9.86. The smallest absolute Gasteiger partial charge is 0.334 e. The van der Waals surface area contributed by atoms with Gasteiger partial charge in [0.05, 0.1) is 7.11 Å². The van der Waals surface area contributed by atoms with Gasteiger partial charge in [-0.3, -0.25) is 9.63 Å². The van der Waals surface area contributed by atoms with Gasteiger partial charge in [0.15, 0.2) is 5.54 Å². The molecule has 0 spiro atoms. The number of hydrogen-bond donors (Lipinski definition) is 0. The molecule has 0 aliphatic carbocycles. The van der Waals surface area contributed by atoms with Crippen molar-refractivity contribution >= 4 is 23.2 Å². The van der Waals surface area contributed by atoms with Gasteiger partial charge in [-0.2, -0.15) is 11.3 Å². The Kier molecular flexibility index (Phi) is 7.41. The normalized spacial score (nSPS) is 16.3. The Morgan fingerprint density at radius 1 is 1.14 bits per heavy atom. The zero-order chi connectivity index (χ0) is 20.7. The van der Waals surface area contributed by atoms with Crippen LogP contribution in [0.15, 0.2) is 47.2 Å². The van der Waals surface area contributed by atoms with Crippen LogP contribution < -0.4 is 0 Å². The van der Waals surface area contributed by atoms with Gasteiger partial charge in [0.2, 0.25) is 5.91 Å². The highest BCUT2D eigenvalue weighted by molar-refractivity contribution is 7.07. The number of ether oxygens (including phenoxy) is 1. The number of rotatable bonds is 8. The number of carbonyl (C=O) groups is 2. The Bertz CT molecular complexity index is 786. The second kappa shape index (κ2) is 10.0. The van der Waals surface area contributed by atoms with Gasteiger partial charge in [-0.1, -0.05) is 30.3 Å².